The zero-order chi connectivity index (χ0) is 13.3. The van der Waals surface area contributed by atoms with Crippen molar-refractivity contribution in [2.45, 2.75) is 18.1 Å². The molecule has 1 N–H and O–H groups in total. The molecule has 0 unspecified atom stereocenters. The lowest BCUT2D eigenvalue weighted by atomic mass is 10.2. The van der Waals surface area contributed by atoms with Crippen LogP contribution in [0.25, 0.3) is 0 Å². The lowest BCUT2D eigenvalue weighted by molar-refractivity contribution is 0.603. The highest BCUT2D eigenvalue weighted by molar-refractivity contribution is 7.94. The monoisotopic (exact) mass is 301 g/mol. The first-order valence-corrected chi connectivity index (χ1v) is 7.92. The minimum Gasteiger partial charge on any atom is -0.279 e. The molecule has 2 rings (SSSR count). The van der Waals surface area contributed by atoms with Gasteiger partial charge in [-0.15, -0.1) is 11.3 Å². The van der Waals surface area contributed by atoms with Crippen LogP contribution in [0.2, 0.25) is 5.02 Å². The van der Waals surface area contributed by atoms with Crippen molar-refractivity contribution in [2.24, 2.45) is 0 Å². The Hall–Kier alpha value is -1.04. The van der Waals surface area contributed by atoms with Gasteiger partial charge in [0.25, 0.3) is 10.0 Å². The van der Waals surface area contributed by atoms with Gasteiger partial charge in [0.05, 0.1) is 5.69 Å². The third kappa shape index (κ3) is 2.85. The van der Waals surface area contributed by atoms with Crippen LogP contribution in [0.15, 0.2) is 34.5 Å². The molecule has 0 fully saturated rings. The highest BCUT2D eigenvalue weighted by Crippen LogP contribution is 2.26. The summed E-state index contributed by atoms with van der Waals surface area (Å²) in [5.41, 5.74) is 1.34. The molecule has 0 amide bonds. The first kappa shape index (κ1) is 13.4. The molecule has 3 nitrogen and oxygen atoms in total. The Bertz CT molecular complexity index is 677. The average Bonchev–Trinajstić information content (AvgIpc) is 2.71. The number of sulfonamides is 1. The van der Waals surface area contributed by atoms with Crippen molar-refractivity contribution in [3.8, 4) is 0 Å². The molecule has 6 heteroatoms. The molecule has 0 spiro atoms. The predicted molar refractivity (Wildman–Crippen MR) is 76.1 cm³/mol. The van der Waals surface area contributed by atoms with Crippen LogP contribution in [0.4, 0.5) is 5.69 Å². The van der Waals surface area contributed by atoms with Gasteiger partial charge in [-0.1, -0.05) is 17.7 Å². The lowest BCUT2D eigenvalue weighted by Crippen LogP contribution is -2.12. The summed E-state index contributed by atoms with van der Waals surface area (Å²) in [7, 11) is -3.52. The van der Waals surface area contributed by atoms with E-state index in [2.05, 4.69) is 4.72 Å². The zero-order valence-corrected chi connectivity index (χ0v) is 12.3. The number of hydrogen-bond donors (Lipinski definition) is 1. The highest BCUT2D eigenvalue weighted by atomic mass is 35.5. The SMILES string of the molecule is Cc1ccc(S(=O)(=O)Nc2cc(Cl)ccc2C)s1. The lowest BCUT2D eigenvalue weighted by Gasteiger charge is -2.09. The van der Waals surface area contributed by atoms with Gasteiger partial charge in [-0.05, 0) is 43.7 Å². The van der Waals surface area contributed by atoms with Gasteiger partial charge >= 0.3 is 0 Å². The van der Waals surface area contributed by atoms with Gasteiger partial charge in [0.2, 0.25) is 0 Å². The summed E-state index contributed by atoms with van der Waals surface area (Å²) >= 11 is 7.10. The van der Waals surface area contributed by atoms with Gasteiger partial charge in [-0.25, -0.2) is 8.42 Å². The maximum absolute atomic E-state index is 12.1. The topological polar surface area (TPSA) is 46.2 Å². The van der Waals surface area contributed by atoms with E-state index in [1.807, 2.05) is 13.8 Å². The Kier molecular flexibility index (Phi) is 3.66. The third-order valence-electron chi connectivity index (χ3n) is 2.42. The number of anilines is 1. The molecule has 1 heterocycles. The van der Waals surface area contributed by atoms with Crippen molar-refractivity contribution in [1.29, 1.82) is 0 Å². The second-order valence-electron chi connectivity index (χ2n) is 3.93. The van der Waals surface area contributed by atoms with E-state index >= 15 is 0 Å². The van der Waals surface area contributed by atoms with Crippen molar-refractivity contribution in [1.82, 2.24) is 0 Å². The summed E-state index contributed by atoms with van der Waals surface area (Å²) in [6.45, 7) is 3.70. The van der Waals surface area contributed by atoms with Crippen LogP contribution in [0.5, 0.6) is 0 Å². The largest absolute Gasteiger partial charge is 0.279 e. The van der Waals surface area contributed by atoms with Crippen molar-refractivity contribution in [3.63, 3.8) is 0 Å². The Morgan fingerprint density at radius 3 is 2.50 bits per heavy atom. The standard InChI is InChI=1S/C12H12ClNO2S2/c1-8-3-5-10(13)7-11(8)14-18(15,16)12-6-4-9(2)17-12/h3-7,14H,1-2H3. The molecule has 1 aromatic heterocycles. The van der Waals surface area contributed by atoms with Crippen LogP contribution in [0, 0.1) is 13.8 Å². The summed E-state index contributed by atoms with van der Waals surface area (Å²) in [6.07, 6.45) is 0. The van der Waals surface area contributed by atoms with E-state index in [1.165, 1.54) is 11.3 Å². The van der Waals surface area contributed by atoms with Crippen LogP contribution >= 0.6 is 22.9 Å². The van der Waals surface area contributed by atoms with Crippen molar-refractivity contribution in [3.05, 3.63) is 45.8 Å². The Morgan fingerprint density at radius 1 is 1.17 bits per heavy atom. The van der Waals surface area contributed by atoms with Crippen LogP contribution in [0.1, 0.15) is 10.4 Å². The number of halogens is 1. The summed E-state index contributed by atoms with van der Waals surface area (Å²) in [5, 5.41) is 0.501. The third-order valence-corrected chi connectivity index (χ3v) is 5.52. The number of hydrogen-bond acceptors (Lipinski definition) is 3. The van der Waals surface area contributed by atoms with E-state index in [9.17, 15) is 8.42 Å². The maximum Gasteiger partial charge on any atom is 0.271 e. The van der Waals surface area contributed by atoms with E-state index in [1.54, 1.807) is 30.3 Å². The molecule has 0 atom stereocenters. The van der Waals surface area contributed by atoms with Gasteiger partial charge in [-0.3, -0.25) is 4.72 Å². The molecule has 96 valence electrons. The second kappa shape index (κ2) is 4.91. The Labute approximate surface area is 115 Å². The van der Waals surface area contributed by atoms with Crippen molar-refractivity contribution < 1.29 is 8.42 Å². The van der Waals surface area contributed by atoms with E-state index in [0.29, 0.717) is 14.9 Å². The van der Waals surface area contributed by atoms with Gasteiger partial charge in [0.1, 0.15) is 4.21 Å². The normalized spacial score (nSPS) is 11.5. The predicted octanol–water partition coefficient (Wildman–Crippen LogP) is 3.82. The van der Waals surface area contributed by atoms with E-state index in [0.717, 1.165) is 10.4 Å². The molecule has 0 saturated heterocycles. The van der Waals surface area contributed by atoms with E-state index in [-0.39, 0.29) is 0 Å². The molecule has 18 heavy (non-hydrogen) atoms. The van der Waals surface area contributed by atoms with Gasteiger partial charge in [0, 0.05) is 9.90 Å². The molecule has 0 aliphatic carbocycles. The zero-order valence-electron chi connectivity index (χ0n) is 9.90. The van der Waals surface area contributed by atoms with Crippen LogP contribution in [0.3, 0.4) is 0 Å². The molecule has 0 aliphatic rings. The molecular formula is C12H12ClNO2S2. The minimum atomic E-state index is -3.52. The molecule has 2 aromatic rings. The summed E-state index contributed by atoms with van der Waals surface area (Å²) in [5.74, 6) is 0. The quantitative estimate of drug-likeness (QED) is 0.937. The molecule has 0 bridgehead atoms. The number of nitrogens with one attached hydrogen (secondary N) is 1. The Balaban J connectivity index is 2.36. The van der Waals surface area contributed by atoms with E-state index < -0.39 is 10.0 Å². The fraction of sp³-hybridized carbons (Fsp3) is 0.167. The second-order valence-corrected chi connectivity index (χ2v) is 7.56. The molecular weight excluding hydrogens is 290 g/mol. The molecule has 0 saturated carbocycles. The fourth-order valence-electron chi connectivity index (χ4n) is 1.46. The number of rotatable bonds is 3. The highest BCUT2D eigenvalue weighted by Gasteiger charge is 2.17. The molecule has 1 aromatic carbocycles. The summed E-state index contributed by atoms with van der Waals surface area (Å²) in [4.78, 5) is 0.957. The van der Waals surface area contributed by atoms with Gasteiger partial charge < -0.3 is 0 Å². The first-order valence-electron chi connectivity index (χ1n) is 5.24. The minimum absolute atomic E-state index is 0.305. The molecule has 0 aliphatic heterocycles. The van der Waals surface area contributed by atoms with Crippen molar-refractivity contribution >= 4 is 38.6 Å². The maximum atomic E-state index is 12.1. The first-order chi connectivity index (χ1) is 8.38. The summed E-state index contributed by atoms with van der Waals surface area (Å²) in [6, 6.07) is 8.49. The average molecular weight is 302 g/mol. The van der Waals surface area contributed by atoms with Crippen molar-refractivity contribution in [2.75, 3.05) is 4.72 Å². The van der Waals surface area contributed by atoms with E-state index in [4.69, 9.17) is 11.6 Å². The van der Waals surface area contributed by atoms with Gasteiger partial charge in [0.15, 0.2) is 0 Å². The van der Waals surface area contributed by atoms with Gasteiger partial charge in [-0.2, -0.15) is 0 Å². The smallest absolute Gasteiger partial charge is 0.271 e. The van der Waals surface area contributed by atoms with Crippen LogP contribution < -0.4 is 4.72 Å². The number of aryl methyl sites for hydroxylation is 2. The molecule has 0 radical (unpaired) electrons. The van der Waals surface area contributed by atoms with Crippen LogP contribution in [-0.2, 0) is 10.0 Å². The van der Waals surface area contributed by atoms with Crippen LogP contribution in [-0.4, -0.2) is 8.42 Å². The number of thiophene rings is 1. The summed E-state index contributed by atoms with van der Waals surface area (Å²) < 4.78 is 27.1. The number of benzene rings is 1. The Morgan fingerprint density at radius 2 is 1.89 bits per heavy atom. The fourth-order valence-corrected chi connectivity index (χ4v) is 4.03.